The van der Waals surface area contributed by atoms with Crippen LogP contribution in [0.25, 0.3) is 0 Å². The molecule has 0 aliphatic rings. The Labute approximate surface area is 84.5 Å². The van der Waals surface area contributed by atoms with Crippen LogP contribution in [-0.4, -0.2) is 6.04 Å². The molecular formula is C9H13Cl2N. The van der Waals surface area contributed by atoms with E-state index in [9.17, 15) is 0 Å². The second-order valence-electron chi connectivity index (χ2n) is 2.81. The van der Waals surface area contributed by atoms with Crippen LogP contribution in [0.5, 0.6) is 0 Å². The Morgan fingerprint density at radius 2 is 2.00 bits per heavy atom. The van der Waals surface area contributed by atoms with Crippen LogP contribution in [0, 0.1) is 0 Å². The topological polar surface area (TPSA) is 12.0 Å². The monoisotopic (exact) mass is 205 g/mol. The minimum Gasteiger partial charge on any atom is -0.383 e. The van der Waals surface area contributed by atoms with E-state index in [-0.39, 0.29) is 12.4 Å². The van der Waals surface area contributed by atoms with E-state index in [1.54, 1.807) is 0 Å². The van der Waals surface area contributed by atoms with Gasteiger partial charge in [0.15, 0.2) is 0 Å². The average Bonchev–Trinajstić information content (AvgIpc) is 1.85. The Kier molecular flexibility index (Phi) is 5.11. The fraction of sp³-hybridized carbons (Fsp3) is 0.333. The SMILES string of the molecule is CC(C)Nc1cccc(Cl)c1.Cl. The lowest BCUT2D eigenvalue weighted by atomic mass is 10.3. The molecule has 0 unspecified atom stereocenters. The van der Waals surface area contributed by atoms with Gasteiger partial charge in [0.25, 0.3) is 0 Å². The zero-order valence-electron chi connectivity index (χ0n) is 7.17. The molecule has 0 radical (unpaired) electrons. The van der Waals surface area contributed by atoms with E-state index in [2.05, 4.69) is 19.2 Å². The molecule has 0 saturated heterocycles. The normalized spacial score (nSPS) is 9.33. The van der Waals surface area contributed by atoms with Crippen LogP contribution in [0.15, 0.2) is 24.3 Å². The average molecular weight is 206 g/mol. The zero-order valence-corrected chi connectivity index (χ0v) is 8.75. The van der Waals surface area contributed by atoms with Crippen molar-refractivity contribution in [2.75, 3.05) is 5.32 Å². The maximum absolute atomic E-state index is 5.79. The van der Waals surface area contributed by atoms with Crippen LogP contribution in [-0.2, 0) is 0 Å². The standard InChI is InChI=1S/C9H12ClN.ClH/c1-7(2)11-9-5-3-4-8(10)6-9;/h3-7,11H,1-2H3;1H. The molecule has 1 rings (SSSR count). The first-order valence-electron chi connectivity index (χ1n) is 3.70. The molecule has 0 aliphatic carbocycles. The highest BCUT2D eigenvalue weighted by Crippen LogP contribution is 2.15. The molecule has 0 amide bonds. The number of anilines is 1. The highest BCUT2D eigenvalue weighted by atomic mass is 35.5. The molecule has 12 heavy (non-hydrogen) atoms. The van der Waals surface area contributed by atoms with Gasteiger partial charge in [-0.25, -0.2) is 0 Å². The van der Waals surface area contributed by atoms with E-state index in [0.29, 0.717) is 6.04 Å². The Hall–Kier alpha value is -0.400. The second-order valence-corrected chi connectivity index (χ2v) is 3.25. The Morgan fingerprint density at radius 1 is 1.33 bits per heavy atom. The maximum Gasteiger partial charge on any atom is 0.0426 e. The van der Waals surface area contributed by atoms with Gasteiger partial charge in [-0.2, -0.15) is 0 Å². The van der Waals surface area contributed by atoms with E-state index in [0.717, 1.165) is 10.7 Å². The van der Waals surface area contributed by atoms with Gasteiger partial charge in [0, 0.05) is 16.8 Å². The molecular weight excluding hydrogens is 193 g/mol. The quantitative estimate of drug-likeness (QED) is 0.779. The molecule has 1 aromatic rings. The van der Waals surface area contributed by atoms with Crippen LogP contribution in [0.2, 0.25) is 5.02 Å². The molecule has 0 aromatic heterocycles. The molecule has 1 nitrogen and oxygen atoms in total. The molecule has 0 spiro atoms. The van der Waals surface area contributed by atoms with Gasteiger partial charge in [0.05, 0.1) is 0 Å². The van der Waals surface area contributed by atoms with Crippen molar-refractivity contribution in [1.82, 2.24) is 0 Å². The third-order valence-electron chi connectivity index (χ3n) is 1.28. The van der Waals surface area contributed by atoms with Gasteiger partial charge in [-0.15, -0.1) is 12.4 Å². The second kappa shape index (κ2) is 5.28. The summed E-state index contributed by atoms with van der Waals surface area (Å²) in [6.07, 6.45) is 0. The van der Waals surface area contributed by atoms with Crippen LogP contribution in [0.4, 0.5) is 5.69 Å². The molecule has 3 heteroatoms. The van der Waals surface area contributed by atoms with E-state index in [4.69, 9.17) is 11.6 Å². The van der Waals surface area contributed by atoms with E-state index in [1.807, 2.05) is 24.3 Å². The lowest BCUT2D eigenvalue weighted by Gasteiger charge is -2.09. The number of rotatable bonds is 2. The molecule has 0 fully saturated rings. The molecule has 0 bridgehead atoms. The summed E-state index contributed by atoms with van der Waals surface area (Å²) in [5.74, 6) is 0. The van der Waals surface area contributed by atoms with Gasteiger partial charge >= 0.3 is 0 Å². The highest BCUT2D eigenvalue weighted by molar-refractivity contribution is 6.30. The van der Waals surface area contributed by atoms with Gasteiger partial charge in [0.2, 0.25) is 0 Å². The van der Waals surface area contributed by atoms with E-state index in [1.165, 1.54) is 0 Å². The van der Waals surface area contributed by atoms with E-state index < -0.39 is 0 Å². The van der Waals surface area contributed by atoms with Crippen molar-refractivity contribution in [3.8, 4) is 0 Å². The van der Waals surface area contributed by atoms with Crippen LogP contribution in [0.3, 0.4) is 0 Å². The first kappa shape index (κ1) is 11.6. The van der Waals surface area contributed by atoms with Crippen molar-refractivity contribution < 1.29 is 0 Å². The zero-order chi connectivity index (χ0) is 8.27. The molecule has 68 valence electrons. The summed E-state index contributed by atoms with van der Waals surface area (Å²) in [5, 5.41) is 4.03. The van der Waals surface area contributed by atoms with Crippen LogP contribution >= 0.6 is 24.0 Å². The van der Waals surface area contributed by atoms with E-state index >= 15 is 0 Å². The number of hydrogen-bond donors (Lipinski definition) is 1. The molecule has 0 saturated carbocycles. The Balaban J connectivity index is 0.00000121. The van der Waals surface area contributed by atoms with Gasteiger partial charge < -0.3 is 5.32 Å². The largest absolute Gasteiger partial charge is 0.383 e. The smallest absolute Gasteiger partial charge is 0.0426 e. The van der Waals surface area contributed by atoms with Crippen molar-refractivity contribution in [1.29, 1.82) is 0 Å². The molecule has 1 aromatic carbocycles. The Bertz CT molecular complexity index is 236. The lowest BCUT2D eigenvalue weighted by Crippen LogP contribution is -2.09. The molecule has 1 N–H and O–H groups in total. The van der Waals surface area contributed by atoms with Gasteiger partial charge in [-0.3, -0.25) is 0 Å². The summed E-state index contributed by atoms with van der Waals surface area (Å²) in [6, 6.07) is 8.18. The molecule has 0 heterocycles. The van der Waals surface area contributed by atoms with Crippen LogP contribution in [0.1, 0.15) is 13.8 Å². The summed E-state index contributed by atoms with van der Waals surface area (Å²) in [6.45, 7) is 4.20. The molecule has 0 aliphatic heterocycles. The van der Waals surface area contributed by atoms with Crippen LogP contribution < -0.4 is 5.32 Å². The summed E-state index contributed by atoms with van der Waals surface area (Å²) in [4.78, 5) is 0. The first-order chi connectivity index (χ1) is 5.18. The summed E-state index contributed by atoms with van der Waals surface area (Å²) < 4.78 is 0. The van der Waals surface area contributed by atoms with Crippen molar-refractivity contribution >= 4 is 29.7 Å². The fourth-order valence-corrected chi connectivity index (χ4v) is 1.10. The third-order valence-corrected chi connectivity index (χ3v) is 1.52. The number of hydrogen-bond acceptors (Lipinski definition) is 1. The predicted molar refractivity (Wildman–Crippen MR) is 57.5 cm³/mol. The fourth-order valence-electron chi connectivity index (χ4n) is 0.912. The maximum atomic E-state index is 5.79. The van der Waals surface area contributed by atoms with Crippen molar-refractivity contribution in [2.45, 2.75) is 19.9 Å². The van der Waals surface area contributed by atoms with Gasteiger partial charge in [0.1, 0.15) is 0 Å². The lowest BCUT2D eigenvalue weighted by molar-refractivity contribution is 0.900. The van der Waals surface area contributed by atoms with Crippen molar-refractivity contribution in [3.05, 3.63) is 29.3 Å². The number of benzene rings is 1. The predicted octanol–water partition coefficient (Wildman–Crippen LogP) is 3.58. The summed E-state index contributed by atoms with van der Waals surface area (Å²) >= 11 is 5.79. The van der Waals surface area contributed by atoms with Gasteiger partial charge in [-0.1, -0.05) is 17.7 Å². The van der Waals surface area contributed by atoms with Crippen molar-refractivity contribution in [3.63, 3.8) is 0 Å². The molecule has 0 atom stereocenters. The number of nitrogens with one attached hydrogen (secondary N) is 1. The number of halogens is 2. The highest BCUT2D eigenvalue weighted by Gasteiger charge is 1.94. The van der Waals surface area contributed by atoms with Gasteiger partial charge in [-0.05, 0) is 32.0 Å². The minimum absolute atomic E-state index is 0. The third kappa shape index (κ3) is 3.84. The first-order valence-corrected chi connectivity index (χ1v) is 4.08. The minimum atomic E-state index is 0. The summed E-state index contributed by atoms with van der Waals surface area (Å²) in [5.41, 5.74) is 1.08. The summed E-state index contributed by atoms with van der Waals surface area (Å²) in [7, 11) is 0. The Morgan fingerprint density at radius 3 is 2.50 bits per heavy atom. The van der Waals surface area contributed by atoms with Crippen molar-refractivity contribution in [2.24, 2.45) is 0 Å².